The van der Waals surface area contributed by atoms with Gasteiger partial charge in [0.05, 0.1) is 6.04 Å². The van der Waals surface area contributed by atoms with Crippen LogP contribution in [0, 0.1) is 0 Å². The molecule has 1 fully saturated rings. The largest absolute Gasteiger partial charge is 0.332 e. The van der Waals surface area contributed by atoms with Crippen molar-refractivity contribution in [3.8, 4) is 0 Å². The second kappa shape index (κ2) is 5.52. The van der Waals surface area contributed by atoms with Crippen LogP contribution in [0.1, 0.15) is 38.3 Å². The first-order valence-corrected chi connectivity index (χ1v) is 8.68. The highest BCUT2D eigenvalue weighted by atomic mass is 32.2. The van der Waals surface area contributed by atoms with E-state index in [9.17, 15) is 13.2 Å². The van der Waals surface area contributed by atoms with Crippen molar-refractivity contribution < 1.29 is 13.2 Å². The van der Waals surface area contributed by atoms with Crippen molar-refractivity contribution in [2.75, 3.05) is 6.26 Å². The predicted octanol–water partition coefficient (Wildman–Crippen LogP) is 1.57. The van der Waals surface area contributed by atoms with E-state index in [1.165, 1.54) is 6.92 Å². The number of carbonyl (C=O) groups is 1. The summed E-state index contributed by atoms with van der Waals surface area (Å²) in [4.78, 5) is 18.3. The monoisotopic (exact) mass is 296 g/mol. The first kappa shape index (κ1) is 15.0. The number of carbonyl (C=O) groups excluding carboxylic acids is 1. The van der Waals surface area contributed by atoms with E-state index in [2.05, 4.69) is 4.98 Å². The Labute approximate surface area is 119 Å². The lowest BCUT2D eigenvalue weighted by Crippen LogP contribution is -2.43. The molecular weight excluding hydrogens is 276 g/mol. The summed E-state index contributed by atoms with van der Waals surface area (Å²) in [6.45, 7) is 3.38. The van der Waals surface area contributed by atoms with Crippen LogP contribution in [-0.2, 0) is 14.6 Å². The number of hydrogen-bond acceptors (Lipinski definition) is 4. The summed E-state index contributed by atoms with van der Waals surface area (Å²) in [6, 6.07) is 3.72. The van der Waals surface area contributed by atoms with Crippen molar-refractivity contribution >= 4 is 15.7 Å². The van der Waals surface area contributed by atoms with Crippen molar-refractivity contribution in [1.82, 2.24) is 9.88 Å². The lowest BCUT2D eigenvalue weighted by atomic mass is 10.1. The molecule has 1 amide bonds. The zero-order chi connectivity index (χ0) is 14.9. The SMILES string of the molecule is C[C@H](c1cccnc1)N(C(=O)[C@H](C)S(C)(=O)=O)C1CC1. The molecule has 1 aliphatic rings. The molecule has 20 heavy (non-hydrogen) atoms. The molecule has 0 aromatic carbocycles. The van der Waals surface area contributed by atoms with Crippen molar-refractivity contribution in [1.29, 1.82) is 0 Å². The number of hydrogen-bond donors (Lipinski definition) is 0. The fraction of sp³-hybridized carbons (Fsp3) is 0.571. The van der Waals surface area contributed by atoms with Crippen LogP contribution in [0.15, 0.2) is 24.5 Å². The van der Waals surface area contributed by atoms with Crippen LogP contribution in [0.5, 0.6) is 0 Å². The molecule has 0 unspecified atom stereocenters. The van der Waals surface area contributed by atoms with Gasteiger partial charge in [-0.2, -0.15) is 0 Å². The van der Waals surface area contributed by atoms with Gasteiger partial charge in [0.25, 0.3) is 0 Å². The molecule has 1 saturated carbocycles. The van der Waals surface area contributed by atoms with Gasteiger partial charge in [-0.15, -0.1) is 0 Å². The summed E-state index contributed by atoms with van der Waals surface area (Å²) < 4.78 is 23.2. The maximum absolute atomic E-state index is 12.5. The van der Waals surface area contributed by atoms with Crippen molar-refractivity contribution in [3.05, 3.63) is 30.1 Å². The molecule has 1 aromatic heterocycles. The first-order valence-electron chi connectivity index (χ1n) is 6.73. The number of nitrogens with zero attached hydrogens (tertiary/aromatic N) is 2. The van der Waals surface area contributed by atoms with E-state index >= 15 is 0 Å². The summed E-state index contributed by atoms with van der Waals surface area (Å²) in [7, 11) is -3.38. The van der Waals surface area contributed by atoms with Crippen LogP contribution >= 0.6 is 0 Å². The van der Waals surface area contributed by atoms with Gasteiger partial charge in [-0.25, -0.2) is 8.42 Å². The molecule has 0 saturated heterocycles. The Balaban J connectivity index is 2.26. The Morgan fingerprint density at radius 3 is 2.50 bits per heavy atom. The van der Waals surface area contributed by atoms with Gasteiger partial charge in [0.1, 0.15) is 5.25 Å². The van der Waals surface area contributed by atoms with E-state index in [-0.39, 0.29) is 18.0 Å². The highest BCUT2D eigenvalue weighted by Gasteiger charge is 2.40. The van der Waals surface area contributed by atoms with Crippen molar-refractivity contribution in [3.63, 3.8) is 0 Å². The number of sulfone groups is 1. The number of amides is 1. The standard InChI is InChI=1S/C14H20N2O3S/c1-10(12-5-4-8-15-9-12)16(13-6-7-13)14(17)11(2)20(3,18)19/h4-5,8-11,13H,6-7H2,1-3H3/t10-,11+/m1/s1. The van der Waals surface area contributed by atoms with Crippen LogP contribution in [0.2, 0.25) is 0 Å². The summed E-state index contributed by atoms with van der Waals surface area (Å²) in [5, 5.41) is -0.998. The molecule has 0 bridgehead atoms. The van der Waals surface area contributed by atoms with Gasteiger partial charge in [0.2, 0.25) is 5.91 Å². The molecule has 5 nitrogen and oxygen atoms in total. The number of rotatable bonds is 5. The second-order valence-electron chi connectivity index (χ2n) is 5.41. The fourth-order valence-electron chi connectivity index (χ4n) is 2.22. The van der Waals surface area contributed by atoms with Crippen LogP contribution < -0.4 is 0 Å². The maximum Gasteiger partial charge on any atom is 0.241 e. The topological polar surface area (TPSA) is 67.3 Å². The fourth-order valence-corrected chi connectivity index (χ4v) is 2.70. The summed E-state index contributed by atoms with van der Waals surface area (Å²) in [6.07, 6.45) is 6.38. The Bertz CT molecular complexity index is 582. The number of aromatic nitrogens is 1. The molecule has 110 valence electrons. The van der Waals surface area contributed by atoms with Crippen molar-refractivity contribution in [2.24, 2.45) is 0 Å². The Kier molecular flexibility index (Phi) is 4.13. The van der Waals surface area contributed by atoms with Gasteiger partial charge >= 0.3 is 0 Å². The van der Waals surface area contributed by atoms with Gasteiger partial charge in [-0.1, -0.05) is 6.07 Å². The predicted molar refractivity (Wildman–Crippen MR) is 76.8 cm³/mol. The first-order chi connectivity index (χ1) is 9.32. The normalized spacial score (nSPS) is 18.4. The molecule has 0 spiro atoms. The molecule has 0 aliphatic heterocycles. The van der Waals surface area contributed by atoms with Gasteiger partial charge in [0, 0.05) is 24.7 Å². The van der Waals surface area contributed by atoms with Crippen molar-refractivity contribution in [2.45, 2.75) is 44.0 Å². The summed E-state index contributed by atoms with van der Waals surface area (Å²) >= 11 is 0. The third kappa shape index (κ3) is 3.17. The quantitative estimate of drug-likeness (QED) is 0.827. The van der Waals surface area contributed by atoms with E-state index in [0.717, 1.165) is 24.7 Å². The minimum atomic E-state index is -3.38. The molecule has 6 heteroatoms. The minimum absolute atomic E-state index is 0.155. The van der Waals surface area contributed by atoms with Crippen LogP contribution in [-0.4, -0.2) is 41.8 Å². The average molecular weight is 296 g/mol. The average Bonchev–Trinajstić information content (AvgIpc) is 3.22. The molecule has 1 heterocycles. The highest BCUT2D eigenvalue weighted by Crippen LogP contribution is 2.35. The zero-order valence-corrected chi connectivity index (χ0v) is 12.8. The van der Waals surface area contributed by atoms with E-state index in [1.807, 2.05) is 19.1 Å². The Hall–Kier alpha value is -1.43. The van der Waals surface area contributed by atoms with E-state index in [1.54, 1.807) is 17.3 Å². The molecular formula is C14H20N2O3S. The molecule has 0 N–H and O–H groups in total. The summed E-state index contributed by atoms with van der Waals surface area (Å²) in [5.41, 5.74) is 0.924. The third-order valence-corrected chi connectivity index (χ3v) is 5.25. The lowest BCUT2D eigenvalue weighted by Gasteiger charge is -2.31. The van der Waals surface area contributed by atoms with Crippen LogP contribution in [0.25, 0.3) is 0 Å². The smallest absolute Gasteiger partial charge is 0.241 e. The second-order valence-corrected chi connectivity index (χ2v) is 7.78. The van der Waals surface area contributed by atoms with Gasteiger partial charge in [-0.3, -0.25) is 9.78 Å². The van der Waals surface area contributed by atoms with Crippen LogP contribution in [0.4, 0.5) is 0 Å². The van der Waals surface area contributed by atoms with Gasteiger partial charge in [0.15, 0.2) is 9.84 Å². The third-order valence-electron chi connectivity index (χ3n) is 3.77. The Morgan fingerprint density at radius 1 is 1.40 bits per heavy atom. The summed E-state index contributed by atoms with van der Waals surface area (Å²) in [5.74, 6) is -0.314. The van der Waals surface area contributed by atoms with E-state index in [0.29, 0.717) is 0 Å². The molecule has 1 aliphatic carbocycles. The van der Waals surface area contributed by atoms with Crippen LogP contribution in [0.3, 0.4) is 0 Å². The molecule has 0 radical (unpaired) electrons. The number of pyridine rings is 1. The molecule has 2 atom stereocenters. The van der Waals surface area contributed by atoms with E-state index in [4.69, 9.17) is 0 Å². The van der Waals surface area contributed by atoms with Gasteiger partial charge < -0.3 is 4.90 Å². The van der Waals surface area contributed by atoms with Gasteiger partial charge in [-0.05, 0) is 38.3 Å². The minimum Gasteiger partial charge on any atom is -0.332 e. The zero-order valence-electron chi connectivity index (χ0n) is 12.0. The lowest BCUT2D eigenvalue weighted by molar-refractivity contribution is -0.133. The maximum atomic E-state index is 12.5. The Morgan fingerprint density at radius 2 is 2.05 bits per heavy atom. The highest BCUT2D eigenvalue weighted by molar-refractivity contribution is 7.92. The molecule has 2 rings (SSSR count). The molecule has 1 aromatic rings. The van der Waals surface area contributed by atoms with E-state index < -0.39 is 15.1 Å².